The van der Waals surface area contributed by atoms with Gasteiger partial charge in [0.2, 0.25) is 0 Å². The molecule has 1 N–H and O–H groups in total. The van der Waals surface area contributed by atoms with E-state index in [1.807, 2.05) is 60.7 Å². The van der Waals surface area contributed by atoms with E-state index >= 15 is 0 Å². The minimum atomic E-state index is -0.120. The minimum Gasteiger partial charge on any atom is -0.348 e. The molecule has 0 atom stereocenters. The molecule has 4 nitrogen and oxygen atoms in total. The van der Waals surface area contributed by atoms with Crippen LogP contribution in [0.5, 0.6) is 0 Å². The Hall–Kier alpha value is -3.79. The van der Waals surface area contributed by atoms with Crippen LogP contribution >= 0.6 is 0 Å². The summed E-state index contributed by atoms with van der Waals surface area (Å²) in [5.41, 5.74) is 4.85. The summed E-state index contributed by atoms with van der Waals surface area (Å²) in [7, 11) is 0. The molecule has 4 heteroatoms. The van der Waals surface area contributed by atoms with Gasteiger partial charge in [0, 0.05) is 17.5 Å². The molecule has 0 fully saturated rings. The molecule has 0 bridgehead atoms. The molecule has 0 aliphatic rings. The zero-order valence-electron chi connectivity index (χ0n) is 15.1. The monoisotopic (exact) mass is 363 g/mol. The second-order valence-corrected chi connectivity index (χ2v) is 6.75. The molecule has 1 heterocycles. The number of rotatable bonds is 3. The van der Waals surface area contributed by atoms with Crippen LogP contribution in [0, 0.1) is 0 Å². The van der Waals surface area contributed by atoms with Crippen molar-refractivity contribution in [3.8, 4) is 0 Å². The minimum absolute atomic E-state index is 0.120. The van der Waals surface area contributed by atoms with E-state index in [2.05, 4.69) is 23.5 Å². The molecule has 0 aliphatic carbocycles. The third-order valence-corrected chi connectivity index (χ3v) is 4.89. The van der Waals surface area contributed by atoms with E-state index in [0.717, 1.165) is 38.4 Å². The lowest BCUT2D eigenvalue weighted by Crippen LogP contribution is -2.22. The van der Waals surface area contributed by atoms with Crippen molar-refractivity contribution in [1.82, 2.24) is 15.3 Å². The summed E-state index contributed by atoms with van der Waals surface area (Å²) in [6.07, 6.45) is 0. The summed E-state index contributed by atoms with van der Waals surface area (Å²) in [4.78, 5) is 22.1. The van der Waals surface area contributed by atoms with Crippen LogP contribution in [-0.4, -0.2) is 15.9 Å². The maximum Gasteiger partial charge on any atom is 0.251 e. The molecule has 0 radical (unpaired) electrons. The van der Waals surface area contributed by atoms with Gasteiger partial charge in [0.1, 0.15) is 0 Å². The van der Waals surface area contributed by atoms with Crippen molar-refractivity contribution in [1.29, 1.82) is 0 Å². The van der Waals surface area contributed by atoms with Gasteiger partial charge in [-0.05, 0) is 35.2 Å². The maximum absolute atomic E-state index is 12.6. The van der Waals surface area contributed by atoms with Crippen LogP contribution in [0.3, 0.4) is 0 Å². The average molecular weight is 363 g/mol. The van der Waals surface area contributed by atoms with Crippen LogP contribution in [0.15, 0.2) is 84.9 Å². The zero-order chi connectivity index (χ0) is 18.9. The Morgan fingerprint density at radius 2 is 1.54 bits per heavy atom. The molecule has 0 spiro atoms. The van der Waals surface area contributed by atoms with Gasteiger partial charge in [0.05, 0.1) is 22.1 Å². The van der Waals surface area contributed by atoms with E-state index in [4.69, 9.17) is 9.97 Å². The fraction of sp³-hybridized carbons (Fsp3) is 0.0417. The molecule has 28 heavy (non-hydrogen) atoms. The fourth-order valence-electron chi connectivity index (χ4n) is 3.43. The third kappa shape index (κ3) is 2.95. The lowest BCUT2D eigenvalue weighted by Gasteiger charge is -2.08. The number of amides is 1. The number of carbonyl (C=O) groups excluding carboxylic acids is 1. The summed E-state index contributed by atoms with van der Waals surface area (Å²) in [6.45, 7) is 0.492. The molecular weight excluding hydrogens is 346 g/mol. The van der Waals surface area contributed by atoms with Crippen molar-refractivity contribution in [2.24, 2.45) is 0 Å². The Balaban J connectivity index is 1.53. The highest BCUT2D eigenvalue weighted by Crippen LogP contribution is 2.25. The van der Waals surface area contributed by atoms with E-state index in [1.165, 1.54) is 0 Å². The number of nitrogens with one attached hydrogen (secondary N) is 1. The average Bonchev–Trinajstić information content (AvgIpc) is 2.76. The van der Waals surface area contributed by atoms with E-state index in [0.29, 0.717) is 12.1 Å². The van der Waals surface area contributed by atoms with Gasteiger partial charge in [-0.2, -0.15) is 0 Å². The van der Waals surface area contributed by atoms with Crippen LogP contribution in [0.1, 0.15) is 15.9 Å². The zero-order valence-corrected chi connectivity index (χ0v) is 15.1. The largest absolute Gasteiger partial charge is 0.348 e. The molecular formula is C24H17N3O. The Bertz CT molecular complexity index is 1330. The summed E-state index contributed by atoms with van der Waals surface area (Å²) in [6, 6.07) is 27.5. The lowest BCUT2D eigenvalue weighted by molar-refractivity contribution is 0.0951. The summed E-state index contributed by atoms with van der Waals surface area (Å²) >= 11 is 0. The maximum atomic E-state index is 12.6. The predicted molar refractivity (Wildman–Crippen MR) is 112 cm³/mol. The summed E-state index contributed by atoms with van der Waals surface area (Å²) in [5.74, 6) is -0.120. The molecule has 0 unspecified atom stereocenters. The molecule has 4 aromatic carbocycles. The number of carbonyl (C=O) groups is 1. The molecule has 0 saturated carbocycles. The van der Waals surface area contributed by atoms with E-state index < -0.39 is 0 Å². The Kier molecular flexibility index (Phi) is 3.95. The van der Waals surface area contributed by atoms with Crippen molar-refractivity contribution in [2.75, 3.05) is 0 Å². The smallest absolute Gasteiger partial charge is 0.251 e. The van der Waals surface area contributed by atoms with Gasteiger partial charge in [-0.25, -0.2) is 9.97 Å². The van der Waals surface area contributed by atoms with Crippen LogP contribution in [0.2, 0.25) is 0 Å². The van der Waals surface area contributed by atoms with Crippen molar-refractivity contribution < 1.29 is 4.79 Å². The van der Waals surface area contributed by atoms with Gasteiger partial charge in [0.25, 0.3) is 5.91 Å². The Labute approximate surface area is 161 Å². The molecule has 1 amide bonds. The number of nitrogens with zero attached hydrogens (tertiary/aromatic N) is 2. The van der Waals surface area contributed by atoms with E-state index in [-0.39, 0.29) is 5.91 Å². The molecule has 134 valence electrons. The van der Waals surface area contributed by atoms with Crippen molar-refractivity contribution >= 4 is 38.7 Å². The molecule has 5 rings (SSSR count). The first-order valence-electron chi connectivity index (χ1n) is 9.19. The number of hydrogen-bond donors (Lipinski definition) is 1. The van der Waals surface area contributed by atoms with Crippen LogP contribution < -0.4 is 5.32 Å². The summed E-state index contributed by atoms with van der Waals surface area (Å²) < 4.78 is 0. The number of benzene rings is 4. The number of aromatic nitrogens is 2. The fourth-order valence-corrected chi connectivity index (χ4v) is 3.43. The molecule has 0 saturated heterocycles. The lowest BCUT2D eigenvalue weighted by atomic mass is 10.1. The van der Waals surface area contributed by atoms with Gasteiger partial charge in [-0.15, -0.1) is 0 Å². The van der Waals surface area contributed by atoms with Gasteiger partial charge < -0.3 is 5.32 Å². The summed E-state index contributed by atoms with van der Waals surface area (Å²) in [5, 5.41) is 5.15. The first-order valence-corrected chi connectivity index (χ1v) is 9.19. The Morgan fingerprint density at radius 3 is 2.43 bits per heavy atom. The SMILES string of the molecule is O=C(NCc1ccccc1)c1ccc2nc3ccc4ccccc4c3nc2c1. The second-order valence-electron chi connectivity index (χ2n) is 6.75. The number of hydrogen-bond acceptors (Lipinski definition) is 3. The highest BCUT2D eigenvalue weighted by molar-refractivity contribution is 6.06. The predicted octanol–water partition coefficient (Wildman–Crippen LogP) is 4.87. The molecule has 0 aliphatic heterocycles. The van der Waals surface area contributed by atoms with Gasteiger partial charge in [-0.1, -0.05) is 60.7 Å². The standard InChI is InChI=1S/C24H17N3O/c28-24(25-15-16-6-2-1-3-7-16)18-11-12-20-22(14-18)27-23-19-9-5-4-8-17(19)10-13-21(23)26-20/h1-14H,15H2,(H,25,28). The topological polar surface area (TPSA) is 54.9 Å². The normalized spacial score (nSPS) is 11.1. The van der Waals surface area contributed by atoms with E-state index in [9.17, 15) is 4.79 Å². The third-order valence-electron chi connectivity index (χ3n) is 4.89. The van der Waals surface area contributed by atoms with E-state index in [1.54, 1.807) is 6.07 Å². The first-order chi connectivity index (χ1) is 13.8. The van der Waals surface area contributed by atoms with Gasteiger partial charge in [0.15, 0.2) is 0 Å². The van der Waals surface area contributed by atoms with Crippen molar-refractivity contribution in [2.45, 2.75) is 6.54 Å². The first kappa shape index (κ1) is 16.4. The Morgan fingerprint density at radius 1 is 0.750 bits per heavy atom. The molecule has 5 aromatic rings. The van der Waals surface area contributed by atoms with Crippen LogP contribution in [0.4, 0.5) is 0 Å². The van der Waals surface area contributed by atoms with Crippen molar-refractivity contribution in [3.05, 3.63) is 96.1 Å². The van der Waals surface area contributed by atoms with Crippen LogP contribution in [-0.2, 0) is 6.54 Å². The van der Waals surface area contributed by atoms with Gasteiger partial charge in [-0.3, -0.25) is 4.79 Å². The van der Waals surface area contributed by atoms with Crippen LogP contribution in [0.25, 0.3) is 32.8 Å². The van der Waals surface area contributed by atoms with Crippen molar-refractivity contribution in [3.63, 3.8) is 0 Å². The number of fused-ring (bicyclic) bond motifs is 4. The van der Waals surface area contributed by atoms with Gasteiger partial charge >= 0.3 is 0 Å². The highest BCUT2D eigenvalue weighted by Gasteiger charge is 2.10. The molecule has 1 aromatic heterocycles. The highest BCUT2D eigenvalue weighted by atomic mass is 16.1. The second kappa shape index (κ2) is 6.74. The quantitative estimate of drug-likeness (QED) is 0.368.